The van der Waals surface area contributed by atoms with Crippen LogP contribution in [0.4, 0.5) is 10.5 Å². The van der Waals surface area contributed by atoms with E-state index in [2.05, 4.69) is 17.6 Å². The molecule has 0 aliphatic rings. The monoisotopic (exact) mass is 314 g/mol. The molecule has 0 aliphatic carbocycles. The van der Waals surface area contributed by atoms with E-state index in [0.29, 0.717) is 29.6 Å². The van der Waals surface area contributed by atoms with Crippen LogP contribution in [0.1, 0.15) is 26.2 Å². The van der Waals surface area contributed by atoms with Crippen molar-refractivity contribution in [1.29, 1.82) is 0 Å². The number of methoxy groups -OCH3 is 1. The Labute approximate surface area is 131 Å². The Kier molecular flexibility index (Phi) is 8.62. The highest BCUT2D eigenvalue weighted by atomic mass is 35.5. The SMILES string of the molecule is CCCCOCCCNC(=O)Nc1cc(Cl)ccc1OC. The van der Waals surface area contributed by atoms with Crippen LogP contribution in [-0.2, 0) is 4.74 Å². The van der Waals surface area contributed by atoms with E-state index in [1.807, 2.05) is 0 Å². The predicted molar refractivity (Wildman–Crippen MR) is 85.4 cm³/mol. The van der Waals surface area contributed by atoms with Crippen molar-refractivity contribution in [3.63, 3.8) is 0 Å². The minimum absolute atomic E-state index is 0.288. The first-order chi connectivity index (χ1) is 10.2. The molecule has 0 aliphatic heterocycles. The zero-order valence-electron chi connectivity index (χ0n) is 12.6. The Morgan fingerprint density at radius 1 is 1.29 bits per heavy atom. The van der Waals surface area contributed by atoms with Gasteiger partial charge in [-0.2, -0.15) is 0 Å². The van der Waals surface area contributed by atoms with Gasteiger partial charge in [-0.05, 0) is 31.0 Å². The molecule has 1 aromatic carbocycles. The average Bonchev–Trinajstić information content (AvgIpc) is 2.46. The van der Waals surface area contributed by atoms with Crippen LogP contribution in [0.25, 0.3) is 0 Å². The van der Waals surface area contributed by atoms with Gasteiger partial charge < -0.3 is 20.1 Å². The van der Waals surface area contributed by atoms with Crippen LogP contribution in [-0.4, -0.2) is 32.9 Å². The number of carbonyl (C=O) groups is 1. The van der Waals surface area contributed by atoms with E-state index in [1.165, 1.54) is 0 Å². The van der Waals surface area contributed by atoms with E-state index in [-0.39, 0.29) is 6.03 Å². The summed E-state index contributed by atoms with van der Waals surface area (Å²) in [5.41, 5.74) is 0.543. The summed E-state index contributed by atoms with van der Waals surface area (Å²) in [4.78, 5) is 11.8. The fraction of sp³-hybridized carbons (Fsp3) is 0.533. The maximum atomic E-state index is 11.8. The Balaban J connectivity index is 2.26. The molecule has 6 heteroatoms. The van der Waals surface area contributed by atoms with E-state index in [1.54, 1.807) is 25.3 Å². The molecular formula is C15H23ClN2O3. The lowest BCUT2D eigenvalue weighted by Crippen LogP contribution is -2.30. The highest BCUT2D eigenvalue weighted by Gasteiger charge is 2.07. The van der Waals surface area contributed by atoms with Crippen molar-refractivity contribution in [2.45, 2.75) is 26.2 Å². The molecule has 0 saturated carbocycles. The van der Waals surface area contributed by atoms with Gasteiger partial charge in [0.15, 0.2) is 0 Å². The summed E-state index contributed by atoms with van der Waals surface area (Å²) in [5.74, 6) is 0.567. The van der Waals surface area contributed by atoms with Gasteiger partial charge in [-0.15, -0.1) is 0 Å². The fourth-order valence-corrected chi connectivity index (χ4v) is 1.84. The molecule has 0 spiro atoms. The minimum Gasteiger partial charge on any atom is -0.495 e. The van der Waals surface area contributed by atoms with Gasteiger partial charge in [-0.25, -0.2) is 4.79 Å². The Bertz CT molecular complexity index is 441. The Morgan fingerprint density at radius 2 is 2.05 bits per heavy atom. The van der Waals surface area contributed by atoms with Crippen molar-refractivity contribution in [3.05, 3.63) is 23.2 Å². The highest BCUT2D eigenvalue weighted by molar-refractivity contribution is 6.31. The Hall–Kier alpha value is -1.46. The maximum absolute atomic E-state index is 11.8. The third-order valence-electron chi connectivity index (χ3n) is 2.80. The van der Waals surface area contributed by atoms with E-state index < -0.39 is 0 Å². The third-order valence-corrected chi connectivity index (χ3v) is 3.04. The highest BCUT2D eigenvalue weighted by Crippen LogP contribution is 2.27. The summed E-state index contributed by atoms with van der Waals surface area (Å²) in [5, 5.41) is 6.01. The number of halogens is 1. The molecule has 0 unspecified atom stereocenters. The first-order valence-corrected chi connectivity index (χ1v) is 7.51. The summed E-state index contributed by atoms with van der Waals surface area (Å²) < 4.78 is 10.6. The van der Waals surface area contributed by atoms with Crippen LogP contribution in [0.15, 0.2) is 18.2 Å². The summed E-state index contributed by atoms with van der Waals surface area (Å²) in [6.45, 7) is 4.11. The van der Waals surface area contributed by atoms with Gasteiger partial charge in [0, 0.05) is 24.8 Å². The number of carbonyl (C=O) groups excluding carboxylic acids is 1. The molecule has 0 fully saturated rings. The summed E-state index contributed by atoms with van der Waals surface area (Å²) in [7, 11) is 1.54. The number of benzene rings is 1. The summed E-state index contributed by atoms with van der Waals surface area (Å²) >= 11 is 5.90. The number of hydrogen-bond donors (Lipinski definition) is 2. The molecule has 2 amide bonds. The first kappa shape index (κ1) is 17.6. The van der Waals surface area contributed by atoms with Crippen molar-refractivity contribution in [2.24, 2.45) is 0 Å². The molecule has 0 atom stereocenters. The summed E-state index contributed by atoms with van der Waals surface area (Å²) in [6, 6.07) is 4.77. The number of ether oxygens (including phenoxy) is 2. The van der Waals surface area contributed by atoms with Gasteiger partial charge in [0.1, 0.15) is 5.75 Å². The van der Waals surface area contributed by atoms with Gasteiger partial charge in [-0.3, -0.25) is 0 Å². The van der Waals surface area contributed by atoms with E-state index >= 15 is 0 Å². The van der Waals surface area contributed by atoms with Crippen molar-refractivity contribution in [3.8, 4) is 5.75 Å². The van der Waals surface area contributed by atoms with Gasteiger partial charge in [0.05, 0.1) is 12.8 Å². The molecule has 0 bridgehead atoms. The number of rotatable bonds is 9. The van der Waals surface area contributed by atoms with Crippen LogP contribution in [0.5, 0.6) is 5.75 Å². The second-order valence-electron chi connectivity index (χ2n) is 4.54. The van der Waals surface area contributed by atoms with Gasteiger partial charge in [0.25, 0.3) is 0 Å². The van der Waals surface area contributed by atoms with Crippen LogP contribution in [0.3, 0.4) is 0 Å². The quantitative estimate of drug-likeness (QED) is 0.684. The van der Waals surface area contributed by atoms with E-state index in [9.17, 15) is 4.79 Å². The predicted octanol–water partition coefficient (Wildman–Crippen LogP) is 3.68. The zero-order chi connectivity index (χ0) is 15.5. The number of nitrogens with one attached hydrogen (secondary N) is 2. The number of urea groups is 1. The largest absolute Gasteiger partial charge is 0.495 e. The molecular weight excluding hydrogens is 292 g/mol. The number of anilines is 1. The normalized spacial score (nSPS) is 10.2. The number of amides is 2. The maximum Gasteiger partial charge on any atom is 0.319 e. The second kappa shape index (κ2) is 10.3. The van der Waals surface area contributed by atoms with E-state index in [0.717, 1.165) is 25.9 Å². The lowest BCUT2D eigenvalue weighted by Gasteiger charge is -2.11. The Morgan fingerprint density at radius 3 is 2.76 bits per heavy atom. The van der Waals surface area contributed by atoms with Gasteiger partial charge >= 0.3 is 6.03 Å². The van der Waals surface area contributed by atoms with Crippen molar-refractivity contribution in [2.75, 3.05) is 32.2 Å². The first-order valence-electron chi connectivity index (χ1n) is 7.13. The summed E-state index contributed by atoms with van der Waals surface area (Å²) in [6.07, 6.45) is 2.98. The molecule has 1 rings (SSSR count). The zero-order valence-corrected chi connectivity index (χ0v) is 13.3. The molecule has 0 aromatic heterocycles. The van der Waals surface area contributed by atoms with Crippen molar-refractivity contribution >= 4 is 23.3 Å². The van der Waals surface area contributed by atoms with Crippen LogP contribution < -0.4 is 15.4 Å². The molecule has 1 aromatic rings. The molecule has 0 radical (unpaired) electrons. The fourth-order valence-electron chi connectivity index (χ4n) is 1.67. The number of hydrogen-bond acceptors (Lipinski definition) is 3. The molecule has 118 valence electrons. The van der Waals surface area contributed by atoms with Crippen LogP contribution in [0, 0.1) is 0 Å². The van der Waals surface area contributed by atoms with Crippen LogP contribution in [0.2, 0.25) is 5.02 Å². The molecule has 2 N–H and O–H groups in total. The third kappa shape index (κ3) is 7.20. The topological polar surface area (TPSA) is 59.6 Å². The van der Waals surface area contributed by atoms with Crippen molar-refractivity contribution < 1.29 is 14.3 Å². The lowest BCUT2D eigenvalue weighted by molar-refractivity contribution is 0.129. The van der Waals surface area contributed by atoms with Gasteiger partial charge in [0.2, 0.25) is 0 Å². The van der Waals surface area contributed by atoms with Gasteiger partial charge in [-0.1, -0.05) is 24.9 Å². The molecule has 21 heavy (non-hydrogen) atoms. The smallest absolute Gasteiger partial charge is 0.319 e. The average molecular weight is 315 g/mol. The number of unbranched alkanes of at least 4 members (excludes halogenated alkanes) is 1. The van der Waals surface area contributed by atoms with E-state index in [4.69, 9.17) is 21.1 Å². The van der Waals surface area contributed by atoms with Crippen LogP contribution >= 0.6 is 11.6 Å². The standard InChI is InChI=1S/C15H23ClN2O3/c1-3-4-9-21-10-5-8-17-15(19)18-13-11-12(16)6-7-14(13)20-2/h6-7,11H,3-5,8-10H2,1-2H3,(H2,17,18,19). The van der Waals surface area contributed by atoms with Crippen molar-refractivity contribution in [1.82, 2.24) is 5.32 Å². The molecule has 0 heterocycles. The molecule has 5 nitrogen and oxygen atoms in total. The second-order valence-corrected chi connectivity index (χ2v) is 4.98. The minimum atomic E-state index is -0.288. The molecule has 0 saturated heterocycles. The lowest BCUT2D eigenvalue weighted by atomic mass is 10.3.